The van der Waals surface area contributed by atoms with Gasteiger partial charge < -0.3 is 51.8 Å². The molecular formula is C20H29N9O9. The van der Waals surface area contributed by atoms with E-state index in [0.29, 0.717) is 17.6 Å². The number of nitrogens with zero attached hydrogens (tertiary/aromatic N) is 6. The van der Waals surface area contributed by atoms with Gasteiger partial charge in [0.15, 0.2) is 17.4 Å². The quantitative estimate of drug-likeness (QED) is 0.142. The van der Waals surface area contributed by atoms with Crippen molar-refractivity contribution in [3.63, 3.8) is 0 Å². The van der Waals surface area contributed by atoms with Crippen LogP contribution in [0.2, 0.25) is 0 Å². The van der Waals surface area contributed by atoms with Crippen LogP contribution in [0.25, 0.3) is 11.2 Å². The van der Waals surface area contributed by atoms with E-state index >= 15 is 0 Å². The number of nitrogen functional groups attached to an aromatic ring is 1. The number of aliphatic hydroxyl groups is 5. The van der Waals surface area contributed by atoms with Crippen molar-refractivity contribution in [2.24, 2.45) is 11.7 Å². The van der Waals surface area contributed by atoms with Crippen molar-refractivity contribution in [1.82, 2.24) is 34.3 Å². The molecule has 1 saturated carbocycles. The van der Waals surface area contributed by atoms with Gasteiger partial charge in [-0.05, 0) is 12.0 Å². The predicted octanol–water partition coefficient (Wildman–Crippen LogP) is -4.66. The maximum absolute atomic E-state index is 11.7. The van der Waals surface area contributed by atoms with Crippen molar-refractivity contribution < 1.29 is 40.5 Å². The molecule has 7 atom stereocenters. The lowest BCUT2D eigenvalue weighted by atomic mass is 10.0. The number of hydrogen-bond acceptors (Lipinski definition) is 13. The third-order valence-corrected chi connectivity index (χ3v) is 6.32. The van der Waals surface area contributed by atoms with Crippen LogP contribution >= 0.6 is 0 Å². The Morgan fingerprint density at radius 2 is 1.89 bits per heavy atom. The third kappa shape index (κ3) is 5.13. The summed E-state index contributed by atoms with van der Waals surface area (Å²) in [5, 5.41) is 51.0. The Morgan fingerprint density at radius 1 is 1.18 bits per heavy atom. The summed E-state index contributed by atoms with van der Waals surface area (Å²) in [5.74, 6) is -1.40. The first-order chi connectivity index (χ1) is 17.6. The van der Waals surface area contributed by atoms with E-state index in [9.17, 15) is 30.0 Å². The summed E-state index contributed by atoms with van der Waals surface area (Å²) in [6, 6.07) is -0.263. The molecule has 4 heterocycles. The zero-order valence-corrected chi connectivity index (χ0v) is 19.8. The fourth-order valence-electron chi connectivity index (χ4n) is 4.35. The Labute approximate surface area is 213 Å². The molecular weight excluding hydrogens is 510 g/mol. The number of ether oxygens (including phenoxy) is 1. The molecule has 5 rings (SSSR count). The van der Waals surface area contributed by atoms with Crippen LogP contribution < -0.4 is 17.0 Å². The highest BCUT2D eigenvalue weighted by Gasteiger charge is 2.44. The number of rotatable bonds is 5. The van der Waals surface area contributed by atoms with Crippen molar-refractivity contribution in [3.8, 4) is 0 Å². The summed E-state index contributed by atoms with van der Waals surface area (Å²) in [6.07, 6.45) is -2.06. The number of anilines is 1. The van der Waals surface area contributed by atoms with Gasteiger partial charge in [0.2, 0.25) is 11.8 Å². The van der Waals surface area contributed by atoms with E-state index in [2.05, 4.69) is 31.6 Å². The van der Waals surface area contributed by atoms with E-state index < -0.39 is 48.7 Å². The van der Waals surface area contributed by atoms with Gasteiger partial charge in [-0.15, -0.1) is 5.10 Å². The molecule has 3 aromatic rings. The Balaban J connectivity index is 0.000000208. The van der Waals surface area contributed by atoms with Crippen LogP contribution in [-0.2, 0) is 4.74 Å². The van der Waals surface area contributed by atoms with Gasteiger partial charge in [0.05, 0.1) is 31.7 Å². The summed E-state index contributed by atoms with van der Waals surface area (Å²) >= 11 is 0. The fraction of sp³-hybridized carbons (Fsp3) is 0.500. The van der Waals surface area contributed by atoms with E-state index in [0.717, 1.165) is 11.0 Å². The topological polar surface area (TPSA) is 305 Å². The molecule has 18 nitrogen and oxygen atoms in total. The molecule has 1 saturated heterocycles. The molecule has 1 aliphatic heterocycles. The van der Waals surface area contributed by atoms with Crippen LogP contribution in [0.3, 0.4) is 0 Å². The minimum Gasteiger partial charge on any atom is -0.412 e. The van der Waals surface area contributed by atoms with Crippen LogP contribution in [0.4, 0.5) is 5.95 Å². The number of aliphatic hydroxyl groups excluding tert-OH is 5. The number of carbonyl (C=O) groups is 1. The summed E-state index contributed by atoms with van der Waals surface area (Å²) in [6.45, 7) is 3.33. The molecule has 12 N–H and O–H groups in total. The number of carbonyl (C=O) groups excluding carboxylic acids is 1. The predicted molar refractivity (Wildman–Crippen MR) is 127 cm³/mol. The first-order valence-electron chi connectivity index (χ1n) is 11.1. The smallest absolute Gasteiger partial charge is 0.288 e. The highest BCUT2D eigenvalue weighted by Crippen LogP contribution is 2.39. The number of aromatic nitrogens is 7. The monoisotopic (exact) mass is 539 g/mol. The number of nitrogens with one attached hydrogen (secondary N) is 1. The molecule has 208 valence electrons. The lowest BCUT2D eigenvalue weighted by molar-refractivity contribution is -0.0588. The van der Waals surface area contributed by atoms with Gasteiger partial charge in [0, 0.05) is 5.92 Å². The number of H-pyrrole nitrogens is 1. The Morgan fingerprint density at radius 3 is 2.45 bits per heavy atom. The molecule has 2 fully saturated rings. The number of primary amides is 1. The summed E-state index contributed by atoms with van der Waals surface area (Å²) < 4.78 is 7.91. The molecule has 3 aromatic heterocycles. The van der Waals surface area contributed by atoms with E-state index in [1.54, 1.807) is 4.57 Å². The van der Waals surface area contributed by atoms with Gasteiger partial charge in [-0.2, -0.15) is 4.98 Å². The van der Waals surface area contributed by atoms with Crippen molar-refractivity contribution in [2.75, 3.05) is 18.9 Å². The molecule has 0 aromatic carbocycles. The molecule has 0 unspecified atom stereocenters. The first-order valence-corrected chi connectivity index (χ1v) is 11.1. The second kappa shape index (κ2) is 11.3. The molecule has 2 aliphatic rings. The van der Waals surface area contributed by atoms with E-state index in [1.165, 1.54) is 6.33 Å². The lowest BCUT2D eigenvalue weighted by Crippen LogP contribution is -2.33. The van der Waals surface area contributed by atoms with Crippen LogP contribution in [0.15, 0.2) is 29.6 Å². The molecule has 0 spiro atoms. The van der Waals surface area contributed by atoms with Crippen molar-refractivity contribution in [3.05, 3.63) is 41.0 Å². The molecule has 38 heavy (non-hydrogen) atoms. The molecule has 18 heteroatoms. The molecule has 0 radical (unpaired) electrons. The number of nitrogens with two attached hydrogens (primary N) is 2. The van der Waals surface area contributed by atoms with E-state index in [-0.39, 0.29) is 41.3 Å². The third-order valence-electron chi connectivity index (χ3n) is 6.32. The normalized spacial score (nSPS) is 28.7. The Kier molecular flexibility index (Phi) is 8.57. The largest absolute Gasteiger partial charge is 0.412 e. The summed E-state index contributed by atoms with van der Waals surface area (Å²) in [7, 11) is 0. The number of fused-ring (bicyclic) bond motifs is 1. The Hall–Kier alpha value is -3.78. The SMILES string of the molecule is C=C1[C@H](CO)[C@@H](O)C[C@@H]1n1cnc2c(=O)[nH]c(N)nc21.NC(=O)c1ncn([C@@H]2O[C@H](CO)[C@@H](O)[C@H]2O)n1.O. The maximum atomic E-state index is 11.7. The van der Waals surface area contributed by atoms with Crippen LogP contribution in [0, 0.1) is 5.92 Å². The molecule has 1 amide bonds. The highest BCUT2D eigenvalue weighted by atomic mass is 16.6. The van der Waals surface area contributed by atoms with Gasteiger partial charge in [0.1, 0.15) is 24.6 Å². The molecule has 0 bridgehead atoms. The van der Waals surface area contributed by atoms with Crippen LogP contribution in [-0.4, -0.2) is 109 Å². The lowest BCUT2D eigenvalue weighted by Gasteiger charge is -2.15. The van der Waals surface area contributed by atoms with Gasteiger partial charge in [-0.1, -0.05) is 6.58 Å². The number of amides is 1. The van der Waals surface area contributed by atoms with Crippen molar-refractivity contribution in [2.45, 2.75) is 43.1 Å². The number of imidazole rings is 1. The minimum atomic E-state index is -1.27. The van der Waals surface area contributed by atoms with E-state index in [1.807, 2.05) is 0 Å². The Bertz CT molecular complexity index is 1360. The minimum absolute atomic E-state index is 0. The summed E-state index contributed by atoms with van der Waals surface area (Å²) in [5.41, 5.74) is 11.3. The average Bonchev–Trinajstić information content (AvgIpc) is 3.61. The highest BCUT2D eigenvalue weighted by molar-refractivity contribution is 5.88. The van der Waals surface area contributed by atoms with Crippen LogP contribution in [0.5, 0.6) is 0 Å². The second-order valence-corrected chi connectivity index (χ2v) is 8.60. The second-order valence-electron chi connectivity index (χ2n) is 8.60. The summed E-state index contributed by atoms with van der Waals surface area (Å²) in [4.78, 5) is 36.6. The average molecular weight is 540 g/mol. The van der Waals surface area contributed by atoms with Crippen LogP contribution in [0.1, 0.15) is 29.3 Å². The van der Waals surface area contributed by atoms with Gasteiger partial charge >= 0.3 is 0 Å². The van der Waals surface area contributed by atoms with Crippen molar-refractivity contribution >= 4 is 23.0 Å². The number of hydrogen-bond donors (Lipinski definition) is 8. The fourth-order valence-corrected chi connectivity index (χ4v) is 4.35. The number of aromatic amines is 1. The zero-order chi connectivity index (χ0) is 27.0. The van der Waals surface area contributed by atoms with Gasteiger partial charge in [0.25, 0.3) is 11.5 Å². The van der Waals surface area contributed by atoms with E-state index in [4.69, 9.17) is 21.3 Å². The molecule has 1 aliphatic carbocycles. The first kappa shape index (κ1) is 28.8. The zero-order valence-electron chi connectivity index (χ0n) is 19.8. The maximum Gasteiger partial charge on any atom is 0.288 e. The van der Waals surface area contributed by atoms with Gasteiger partial charge in [-0.3, -0.25) is 14.6 Å². The van der Waals surface area contributed by atoms with Crippen molar-refractivity contribution in [1.29, 1.82) is 0 Å². The standard InChI is InChI=1S/C12H15N5O3.C8H12N4O5.H2O/c1-5-6(3-18)8(19)2-7(5)17-4-14-9-10(17)15-12(13)16-11(9)20;9-6(16)7-10-2-12(11-7)8-5(15)4(14)3(1-13)17-8;/h4,6-8,18-19H,1-3H2,(H3,13,15,16,20);2-5,8,13-15H,1H2,(H2,9,16);1H2/t6-,7-,8-;3-,4-,5-,8-;/m01./s1. The van der Waals surface area contributed by atoms with Gasteiger partial charge in [-0.25, -0.2) is 14.6 Å².